The zero-order valence-electron chi connectivity index (χ0n) is 11.2. The largest absolute Gasteiger partial charge is 0.344 e. The molecule has 0 radical (unpaired) electrons. The van der Waals surface area contributed by atoms with Gasteiger partial charge in [-0.1, -0.05) is 29.8 Å². The fourth-order valence-electron chi connectivity index (χ4n) is 1.69. The van der Waals surface area contributed by atoms with Crippen LogP contribution in [0, 0.1) is 11.6 Å². The van der Waals surface area contributed by atoms with Crippen LogP contribution in [0.1, 0.15) is 5.56 Å². The fourth-order valence-corrected chi connectivity index (χ4v) is 1.87. The predicted octanol–water partition coefficient (Wildman–Crippen LogP) is 2.87. The second-order valence-corrected chi connectivity index (χ2v) is 4.72. The topological polar surface area (TPSA) is 58.2 Å². The number of carbonyl (C=O) groups excluding carboxylic acids is 2. The van der Waals surface area contributed by atoms with Gasteiger partial charge in [-0.25, -0.2) is 8.78 Å². The van der Waals surface area contributed by atoms with Crippen LogP contribution < -0.4 is 10.6 Å². The van der Waals surface area contributed by atoms with Crippen molar-refractivity contribution in [3.63, 3.8) is 0 Å². The Bertz CT molecular complexity index is 702. The molecule has 2 aromatic carbocycles. The molecular formula is C15H11ClF2N2O2. The van der Waals surface area contributed by atoms with Gasteiger partial charge in [0.25, 0.3) is 0 Å². The number of nitrogens with one attached hydrogen (secondary N) is 2. The first-order valence-electron chi connectivity index (χ1n) is 6.25. The number of halogens is 3. The van der Waals surface area contributed by atoms with E-state index in [1.165, 1.54) is 12.1 Å². The maximum absolute atomic E-state index is 13.4. The molecule has 2 amide bonds. The minimum atomic E-state index is -1.03. The van der Waals surface area contributed by atoms with E-state index in [-0.39, 0.29) is 16.3 Å². The van der Waals surface area contributed by atoms with Crippen LogP contribution in [0.4, 0.5) is 14.5 Å². The quantitative estimate of drug-likeness (QED) is 0.853. The molecule has 0 heterocycles. The Morgan fingerprint density at radius 3 is 2.23 bits per heavy atom. The van der Waals surface area contributed by atoms with Gasteiger partial charge in [-0.05, 0) is 24.3 Å². The maximum Gasteiger partial charge on any atom is 0.313 e. The van der Waals surface area contributed by atoms with Crippen molar-refractivity contribution in [2.24, 2.45) is 0 Å². The maximum atomic E-state index is 13.4. The van der Waals surface area contributed by atoms with Gasteiger partial charge in [0.05, 0.1) is 10.7 Å². The molecule has 2 aromatic rings. The van der Waals surface area contributed by atoms with Crippen LogP contribution in [-0.4, -0.2) is 11.8 Å². The summed E-state index contributed by atoms with van der Waals surface area (Å²) >= 11 is 5.84. The zero-order chi connectivity index (χ0) is 16.1. The molecule has 7 heteroatoms. The first kappa shape index (κ1) is 15.9. The number of benzene rings is 2. The molecule has 0 unspecified atom stereocenters. The van der Waals surface area contributed by atoms with Crippen molar-refractivity contribution in [1.29, 1.82) is 0 Å². The minimum absolute atomic E-state index is 0.265. The summed E-state index contributed by atoms with van der Waals surface area (Å²) in [5, 5.41) is 4.72. The summed E-state index contributed by atoms with van der Waals surface area (Å²) in [5.41, 5.74) is -0.0530. The summed E-state index contributed by atoms with van der Waals surface area (Å²) < 4.78 is 26.8. The Morgan fingerprint density at radius 2 is 1.59 bits per heavy atom. The number of hydrogen-bond acceptors (Lipinski definition) is 2. The van der Waals surface area contributed by atoms with Crippen molar-refractivity contribution in [2.75, 3.05) is 5.32 Å². The van der Waals surface area contributed by atoms with Crippen molar-refractivity contribution in [1.82, 2.24) is 5.32 Å². The molecule has 2 rings (SSSR count). The van der Waals surface area contributed by atoms with Crippen molar-refractivity contribution >= 4 is 29.1 Å². The van der Waals surface area contributed by atoms with Crippen LogP contribution in [0.2, 0.25) is 5.02 Å². The predicted molar refractivity (Wildman–Crippen MR) is 78.3 cm³/mol. The lowest BCUT2D eigenvalue weighted by Crippen LogP contribution is -2.35. The molecule has 0 bridgehead atoms. The minimum Gasteiger partial charge on any atom is -0.344 e. The Morgan fingerprint density at radius 1 is 0.955 bits per heavy atom. The summed E-state index contributed by atoms with van der Waals surface area (Å²) in [6, 6.07) is 9.70. The van der Waals surface area contributed by atoms with Gasteiger partial charge >= 0.3 is 11.8 Å². The van der Waals surface area contributed by atoms with Crippen LogP contribution in [0.3, 0.4) is 0 Å². The van der Waals surface area contributed by atoms with E-state index in [4.69, 9.17) is 11.6 Å². The second-order valence-electron chi connectivity index (χ2n) is 4.32. The third-order valence-electron chi connectivity index (χ3n) is 2.82. The lowest BCUT2D eigenvalue weighted by molar-refractivity contribution is -0.136. The highest BCUT2D eigenvalue weighted by molar-refractivity contribution is 6.41. The van der Waals surface area contributed by atoms with Gasteiger partial charge in [-0.15, -0.1) is 0 Å². The number of hydrogen-bond donors (Lipinski definition) is 2. The van der Waals surface area contributed by atoms with Crippen LogP contribution in [0.25, 0.3) is 0 Å². The molecule has 114 valence electrons. The zero-order valence-corrected chi connectivity index (χ0v) is 12.0. The first-order chi connectivity index (χ1) is 10.5. The number of anilines is 1. The van der Waals surface area contributed by atoms with Gasteiger partial charge < -0.3 is 10.6 Å². The summed E-state index contributed by atoms with van der Waals surface area (Å²) in [5.74, 6) is -3.61. The summed E-state index contributed by atoms with van der Waals surface area (Å²) in [6.07, 6.45) is 0. The molecule has 22 heavy (non-hydrogen) atoms. The monoisotopic (exact) mass is 324 g/mol. The highest BCUT2D eigenvalue weighted by Gasteiger charge is 2.16. The standard InChI is InChI=1S/C15H11ClF2N2O2/c16-10-4-1-2-7-13(10)20-15(22)14(21)19-8-9-11(17)5-3-6-12(9)18/h1-7H,8H2,(H,19,21)(H,20,22). The third kappa shape index (κ3) is 3.79. The van der Waals surface area contributed by atoms with Crippen LogP contribution in [-0.2, 0) is 16.1 Å². The molecule has 4 nitrogen and oxygen atoms in total. The van der Waals surface area contributed by atoms with Crippen molar-refractivity contribution < 1.29 is 18.4 Å². The molecule has 0 atom stereocenters. The number of para-hydroxylation sites is 1. The molecule has 0 aliphatic carbocycles. The molecule has 2 N–H and O–H groups in total. The van der Waals surface area contributed by atoms with E-state index in [0.29, 0.717) is 0 Å². The summed E-state index contributed by atoms with van der Waals surface area (Å²) in [7, 11) is 0. The smallest absolute Gasteiger partial charge is 0.313 e. The molecule has 0 saturated carbocycles. The van der Waals surface area contributed by atoms with Gasteiger partial charge in [0.1, 0.15) is 11.6 Å². The Labute approximate surface area is 130 Å². The Balaban J connectivity index is 1.98. The lowest BCUT2D eigenvalue weighted by Gasteiger charge is -2.08. The molecule has 0 spiro atoms. The normalized spacial score (nSPS) is 10.1. The van der Waals surface area contributed by atoms with Gasteiger partial charge in [0.2, 0.25) is 0 Å². The Hall–Kier alpha value is -2.47. The van der Waals surface area contributed by atoms with E-state index >= 15 is 0 Å². The van der Waals surface area contributed by atoms with Crippen molar-refractivity contribution in [2.45, 2.75) is 6.54 Å². The number of carbonyl (C=O) groups is 2. The van der Waals surface area contributed by atoms with Crippen molar-refractivity contribution in [3.8, 4) is 0 Å². The van der Waals surface area contributed by atoms with Crippen LogP contribution >= 0.6 is 11.6 Å². The fraction of sp³-hybridized carbons (Fsp3) is 0.0667. The van der Waals surface area contributed by atoms with E-state index in [0.717, 1.165) is 12.1 Å². The molecule has 0 aromatic heterocycles. The second kappa shape index (κ2) is 7.00. The first-order valence-corrected chi connectivity index (χ1v) is 6.63. The highest BCUT2D eigenvalue weighted by atomic mass is 35.5. The third-order valence-corrected chi connectivity index (χ3v) is 3.15. The molecule has 0 saturated heterocycles. The van der Waals surface area contributed by atoms with Crippen LogP contribution in [0.15, 0.2) is 42.5 Å². The lowest BCUT2D eigenvalue weighted by atomic mass is 10.2. The number of amides is 2. The average molecular weight is 325 g/mol. The Kier molecular flexibility index (Phi) is 5.06. The molecular weight excluding hydrogens is 314 g/mol. The van der Waals surface area contributed by atoms with E-state index in [1.807, 2.05) is 0 Å². The van der Waals surface area contributed by atoms with Crippen LogP contribution in [0.5, 0.6) is 0 Å². The van der Waals surface area contributed by atoms with Gasteiger partial charge in [-0.3, -0.25) is 9.59 Å². The van der Waals surface area contributed by atoms with E-state index in [1.54, 1.807) is 18.2 Å². The summed E-state index contributed by atoms with van der Waals surface area (Å²) in [4.78, 5) is 23.3. The van der Waals surface area contributed by atoms with Crippen molar-refractivity contribution in [3.05, 3.63) is 64.7 Å². The summed E-state index contributed by atoms with van der Waals surface area (Å²) in [6.45, 7) is -0.437. The highest BCUT2D eigenvalue weighted by Crippen LogP contribution is 2.20. The van der Waals surface area contributed by atoms with E-state index in [2.05, 4.69) is 10.6 Å². The van der Waals surface area contributed by atoms with E-state index < -0.39 is 30.0 Å². The SMILES string of the molecule is O=C(NCc1c(F)cccc1F)C(=O)Nc1ccccc1Cl. The number of rotatable bonds is 3. The van der Waals surface area contributed by atoms with Gasteiger partial charge in [0.15, 0.2) is 0 Å². The molecule has 0 aliphatic rings. The van der Waals surface area contributed by atoms with Gasteiger partial charge in [-0.2, -0.15) is 0 Å². The average Bonchev–Trinajstić information content (AvgIpc) is 2.48. The molecule has 0 fully saturated rings. The van der Waals surface area contributed by atoms with E-state index in [9.17, 15) is 18.4 Å². The molecule has 0 aliphatic heterocycles. The van der Waals surface area contributed by atoms with Gasteiger partial charge in [0, 0.05) is 12.1 Å².